The molecule has 2 rings (SSSR count). The lowest BCUT2D eigenvalue weighted by Gasteiger charge is -2.16. The summed E-state index contributed by atoms with van der Waals surface area (Å²) in [5.41, 5.74) is 0.667. The van der Waals surface area contributed by atoms with Crippen molar-refractivity contribution in [3.8, 4) is 0 Å². The molecule has 0 aromatic heterocycles. The lowest BCUT2D eigenvalue weighted by atomic mass is 10.2. The maximum absolute atomic E-state index is 11.9. The van der Waals surface area contributed by atoms with Crippen molar-refractivity contribution in [2.75, 3.05) is 13.1 Å². The maximum Gasteiger partial charge on any atom is 0.279 e. The minimum absolute atomic E-state index is 0.00338. The van der Waals surface area contributed by atoms with Crippen LogP contribution in [-0.4, -0.2) is 34.2 Å². The number of nitrogens with zero attached hydrogens (tertiary/aromatic N) is 1. The molecule has 0 saturated carbocycles. The number of hydrogen-bond acceptors (Lipinski definition) is 4. The van der Waals surface area contributed by atoms with Gasteiger partial charge in [-0.3, -0.25) is 0 Å². The fourth-order valence-electron chi connectivity index (χ4n) is 1.99. The Morgan fingerprint density at radius 3 is 2.10 bits per heavy atom. The van der Waals surface area contributed by atoms with E-state index >= 15 is 0 Å². The van der Waals surface area contributed by atoms with Crippen molar-refractivity contribution in [1.82, 2.24) is 9.03 Å². The molecular formula is C11H17N3O4S2. The first kappa shape index (κ1) is 15.4. The summed E-state index contributed by atoms with van der Waals surface area (Å²) in [5.74, 6) is 0. The topological polar surface area (TPSA) is 110 Å². The summed E-state index contributed by atoms with van der Waals surface area (Å²) in [6, 6.07) is 5.78. The van der Waals surface area contributed by atoms with E-state index < -0.39 is 20.2 Å². The van der Waals surface area contributed by atoms with Gasteiger partial charge in [0.2, 0.25) is 10.0 Å². The summed E-state index contributed by atoms with van der Waals surface area (Å²) >= 11 is 0. The number of nitrogens with two attached hydrogens (primary N) is 1. The average molecular weight is 319 g/mol. The van der Waals surface area contributed by atoms with Gasteiger partial charge in [-0.05, 0) is 30.5 Å². The van der Waals surface area contributed by atoms with Crippen LogP contribution in [0.3, 0.4) is 0 Å². The monoisotopic (exact) mass is 319 g/mol. The van der Waals surface area contributed by atoms with Gasteiger partial charge in [-0.25, -0.2) is 13.6 Å². The highest BCUT2D eigenvalue weighted by molar-refractivity contribution is 7.89. The number of nitrogens with one attached hydrogen (secondary N) is 1. The van der Waals surface area contributed by atoms with Crippen LogP contribution in [-0.2, 0) is 26.8 Å². The summed E-state index contributed by atoms with van der Waals surface area (Å²) < 4.78 is 50.0. The summed E-state index contributed by atoms with van der Waals surface area (Å²) in [4.78, 5) is 0.00338. The average Bonchev–Trinajstić information content (AvgIpc) is 2.90. The molecule has 1 fully saturated rings. The molecule has 0 bridgehead atoms. The molecule has 1 aromatic rings. The first-order valence-corrected chi connectivity index (χ1v) is 9.14. The zero-order chi connectivity index (χ0) is 14.8. The van der Waals surface area contributed by atoms with Crippen LogP contribution in [0.2, 0.25) is 0 Å². The van der Waals surface area contributed by atoms with Gasteiger partial charge >= 0.3 is 0 Å². The molecule has 112 valence electrons. The van der Waals surface area contributed by atoms with Gasteiger partial charge in [0.05, 0.1) is 4.90 Å². The number of rotatable bonds is 5. The second-order valence-corrected chi connectivity index (χ2v) is 7.94. The Balaban J connectivity index is 2.01. The van der Waals surface area contributed by atoms with Gasteiger partial charge in [0.25, 0.3) is 10.2 Å². The second kappa shape index (κ2) is 5.78. The van der Waals surface area contributed by atoms with Gasteiger partial charge in [0.15, 0.2) is 0 Å². The molecule has 1 aliphatic rings. The van der Waals surface area contributed by atoms with Crippen LogP contribution in [0.15, 0.2) is 29.2 Å². The smallest absolute Gasteiger partial charge is 0.225 e. The molecule has 0 radical (unpaired) electrons. The Morgan fingerprint density at radius 2 is 1.60 bits per heavy atom. The van der Waals surface area contributed by atoms with Crippen LogP contribution in [0, 0.1) is 0 Å². The van der Waals surface area contributed by atoms with Crippen LogP contribution in [0.5, 0.6) is 0 Å². The molecule has 1 aromatic carbocycles. The largest absolute Gasteiger partial charge is 0.279 e. The van der Waals surface area contributed by atoms with Crippen LogP contribution in [0.1, 0.15) is 18.4 Å². The molecule has 1 saturated heterocycles. The fourth-order valence-corrected chi connectivity index (χ4v) is 3.78. The van der Waals surface area contributed by atoms with E-state index in [-0.39, 0.29) is 11.4 Å². The van der Waals surface area contributed by atoms with Crippen molar-refractivity contribution >= 4 is 20.2 Å². The normalized spacial score (nSPS) is 17.4. The van der Waals surface area contributed by atoms with E-state index in [9.17, 15) is 16.8 Å². The molecule has 7 nitrogen and oxygen atoms in total. The third-order valence-electron chi connectivity index (χ3n) is 3.12. The van der Waals surface area contributed by atoms with Gasteiger partial charge in [-0.15, -0.1) is 0 Å². The summed E-state index contributed by atoms with van der Waals surface area (Å²) in [7, 11) is -7.18. The molecule has 1 aliphatic heterocycles. The number of primary sulfonamides is 1. The van der Waals surface area contributed by atoms with Gasteiger partial charge in [0.1, 0.15) is 0 Å². The quantitative estimate of drug-likeness (QED) is 0.780. The third-order valence-corrected chi connectivity index (χ3v) is 5.60. The molecule has 0 amide bonds. The van der Waals surface area contributed by atoms with E-state index in [4.69, 9.17) is 5.14 Å². The Bertz CT molecular complexity index is 662. The zero-order valence-electron chi connectivity index (χ0n) is 10.8. The van der Waals surface area contributed by atoms with Crippen molar-refractivity contribution in [3.05, 3.63) is 29.8 Å². The standard InChI is InChI=1S/C11H17N3O4S2/c12-19(15,16)11-5-3-10(4-6-11)9-13-20(17,18)14-7-1-2-8-14/h3-6,13H,1-2,7-9H2,(H2,12,15,16). The molecule has 0 aliphatic carbocycles. The number of sulfonamides is 1. The van der Waals surface area contributed by atoms with Crippen LogP contribution in [0.4, 0.5) is 0 Å². The SMILES string of the molecule is NS(=O)(=O)c1ccc(CNS(=O)(=O)N2CCCC2)cc1. The van der Waals surface area contributed by atoms with E-state index in [1.165, 1.54) is 28.6 Å². The predicted octanol–water partition coefficient (Wildman–Crippen LogP) is -0.236. The van der Waals surface area contributed by atoms with Crippen LogP contribution < -0.4 is 9.86 Å². The molecule has 1 heterocycles. The number of hydrogen-bond donors (Lipinski definition) is 2. The van der Waals surface area contributed by atoms with Gasteiger partial charge < -0.3 is 0 Å². The number of benzene rings is 1. The lowest BCUT2D eigenvalue weighted by Crippen LogP contribution is -2.38. The van der Waals surface area contributed by atoms with Crippen LogP contribution >= 0.6 is 0 Å². The molecular weight excluding hydrogens is 302 g/mol. The Labute approximate surface area is 119 Å². The Morgan fingerprint density at radius 1 is 1.05 bits per heavy atom. The van der Waals surface area contributed by atoms with E-state index in [0.29, 0.717) is 18.7 Å². The van der Waals surface area contributed by atoms with Crippen molar-refractivity contribution in [2.45, 2.75) is 24.3 Å². The summed E-state index contributed by atoms with van der Waals surface area (Å²) in [6.07, 6.45) is 1.76. The van der Waals surface area contributed by atoms with Gasteiger partial charge in [-0.1, -0.05) is 12.1 Å². The predicted molar refractivity (Wildman–Crippen MR) is 74.4 cm³/mol. The first-order valence-electron chi connectivity index (χ1n) is 6.15. The lowest BCUT2D eigenvalue weighted by molar-refractivity contribution is 0.464. The molecule has 0 spiro atoms. The third kappa shape index (κ3) is 3.76. The highest BCUT2D eigenvalue weighted by Crippen LogP contribution is 2.13. The molecule has 3 N–H and O–H groups in total. The highest BCUT2D eigenvalue weighted by Gasteiger charge is 2.24. The minimum Gasteiger partial charge on any atom is -0.225 e. The molecule has 9 heteroatoms. The van der Waals surface area contributed by atoms with Gasteiger partial charge in [-0.2, -0.15) is 17.4 Å². The zero-order valence-corrected chi connectivity index (χ0v) is 12.5. The minimum atomic E-state index is -3.72. The fraction of sp³-hybridized carbons (Fsp3) is 0.455. The van der Waals surface area contributed by atoms with E-state index in [0.717, 1.165) is 12.8 Å². The van der Waals surface area contributed by atoms with Crippen molar-refractivity contribution in [3.63, 3.8) is 0 Å². The van der Waals surface area contributed by atoms with E-state index in [1.807, 2.05) is 0 Å². The molecule has 20 heavy (non-hydrogen) atoms. The summed E-state index contributed by atoms with van der Waals surface area (Å²) in [5, 5.41) is 4.99. The first-order chi connectivity index (χ1) is 9.29. The molecule has 0 atom stereocenters. The van der Waals surface area contributed by atoms with Crippen molar-refractivity contribution in [2.24, 2.45) is 5.14 Å². The van der Waals surface area contributed by atoms with E-state index in [1.54, 1.807) is 0 Å². The molecule has 0 unspecified atom stereocenters. The Kier molecular flexibility index (Phi) is 4.45. The highest BCUT2D eigenvalue weighted by atomic mass is 32.2. The van der Waals surface area contributed by atoms with Crippen LogP contribution in [0.25, 0.3) is 0 Å². The Hall–Kier alpha value is -1.00. The van der Waals surface area contributed by atoms with Crippen molar-refractivity contribution < 1.29 is 16.8 Å². The van der Waals surface area contributed by atoms with Gasteiger partial charge in [0, 0.05) is 19.6 Å². The van der Waals surface area contributed by atoms with E-state index in [2.05, 4.69) is 4.72 Å². The van der Waals surface area contributed by atoms with Crippen molar-refractivity contribution in [1.29, 1.82) is 0 Å². The maximum atomic E-state index is 11.9. The summed E-state index contributed by atoms with van der Waals surface area (Å²) in [6.45, 7) is 1.20. The second-order valence-electron chi connectivity index (χ2n) is 4.62.